The Morgan fingerprint density at radius 2 is 1.06 bits per heavy atom. The molecule has 0 bridgehead atoms. The van der Waals surface area contributed by atoms with Gasteiger partial charge in [0.1, 0.15) is 0 Å². The second-order valence-electron chi connectivity index (χ2n) is 8.03. The molecule has 0 amide bonds. The van der Waals surface area contributed by atoms with Crippen molar-refractivity contribution in [3.05, 3.63) is 117 Å². The lowest BCUT2D eigenvalue weighted by atomic mass is 10.2. The van der Waals surface area contributed by atoms with E-state index < -0.39 is 25.0 Å². The average molecular weight is 478 g/mol. The van der Waals surface area contributed by atoms with Crippen molar-refractivity contribution in [1.29, 1.82) is 0 Å². The van der Waals surface area contributed by atoms with Crippen LogP contribution in [0.15, 0.2) is 100 Å². The average Bonchev–Trinajstić information content (AvgIpc) is 2.87. The predicted molar refractivity (Wildman–Crippen MR) is 142 cm³/mol. The monoisotopic (exact) mass is 477 g/mol. The van der Waals surface area contributed by atoms with Crippen molar-refractivity contribution in [2.75, 3.05) is 6.16 Å². The predicted octanol–water partition coefficient (Wildman–Crippen LogP) is 3.24. The molecule has 0 aliphatic heterocycles. The van der Waals surface area contributed by atoms with Crippen LogP contribution in [0.25, 0.3) is 0 Å². The standard InChI is InChI=1S/C27H32N3O3P/c1-3-19-28-25(31)29(20-4-2)27(33)30(26(28)32)21-13-5-6-14-22-34(23-15-9-7-10-16-23)24-17-11-8-12-18-24/h3-4,7-12,15-18H,1-2,5-6,13-14,19-22H2. The second kappa shape index (κ2) is 12.9. The van der Waals surface area contributed by atoms with Crippen molar-refractivity contribution in [3.63, 3.8) is 0 Å². The summed E-state index contributed by atoms with van der Waals surface area (Å²) >= 11 is 0. The van der Waals surface area contributed by atoms with E-state index >= 15 is 0 Å². The highest BCUT2D eigenvalue weighted by atomic mass is 31.1. The lowest BCUT2D eigenvalue weighted by molar-refractivity contribution is 0.459. The van der Waals surface area contributed by atoms with Gasteiger partial charge in [-0.15, -0.1) is 13.2 Å². The maximum Gasteiger partial charge on any atom is 0.336 e. The summed E-state index contributed by atoms with van der Waals surface area (Å²) in [6.07, 6.45) is 7.74. The summed E-state index contributed by atoms with van der Waals surface area (Å²) in [6, 6.07) is 21.3. The van der Waals surface area contributed by atoms with Crippen LogP contribution in [-0.4, -0.2) is 19.9 Å². The van der Waals surface area contributed by atoms with E-state index in [1.807, 2.05) is 12.1 Å². The molecule has 1 heterocycles. The highest BCUT2D eigenvalue weighted by Gasteiger charge is 2.15. The molecule has 0 N–H and O–H groups in total. The smallest absolute Gasteiger partial charge is 0.247 e. The zero-order valence-corrected chi connectivity index (χ0v) is 20.4. The third-order valence-electron chi connectivity index (χ3n) is 5.66. The van der Waals surface area contributed by atoms with Gasteiger partial charge < -0.3 is 0 Å². The fourth-order valence-electron chi connectivity index (χ4n) is 3.96. The number of allylic oxidation sites excluding steroid dienone is 2. The van der Waals surface area contributed by atoms with E-state index in [0.29, 0.717) is 13.0 Å². The van der Waals surface area contributed by atoms with Gasteiger partial charge in [0, 0.05) is 6.54 Å². The van der Waals surface area contributed by atoms with Crippen molar-refractivity contribution in [1.82, 2.24) is 13.7 Å². The summed E-state index contributed by atoms with van der Waals surface area (Å²) in [5.74, 6) is 0. The van der Waals surface area contributed by atoms with Crippen LogP contribution >= 0.6 is 7.92 Å². The van der Waals surface area contributed by atoms with Crippen LogP contribution in [0.2, 0.25) is 0 Å². The first-order valence-corrected chi connectivity index (χ1v) is 13.1. The minimum atomic E-state index is -0.624. The SMILES string of the molecule is C=CCn1c(=O)n(CC=C)c(=O)n(CCCCCCP(c2ccccc2)c2ccccc2)c1=O. The Kier molecular flexibility index (Phi) is 9.60. The maximum absolute atomic E-state index is 12.7. The molecule has 178 valence electrons. The molecule has 34 heavy (non-hydrogen) atoms. The van der Waals surface area contributed by atoms with E-state index in [2.05, 4.69) is 61.7 Å². The van der Waals surface area contributed by atoms with Gasteiger partial charge >= 0.3 is 17.1 Å². The van der Waals surface area contributed by atoms with Gasteiger partial charge in [-0.05, 0) is 37.5 Å². The van der Waals surface area contributed by atoms with Crippen molar-refractivity contribution >= 4 is 18.5 Å². The van der Waals surface area contributed by atoms with Crippen LogP contribution in [0.1, 0.15) is 25.7 Å². The minimum Gasteiger partial charge on any atom is -0.247 e. The molecule has 1 aromatic heterocycles. The van der Waals surface area contributed by atoms with Crippen LogP contribution in [0.3, 0.4) is 0 Å². The number of hydrogen-bond acceptors (Lipinski definition) is 3. The Morgan fingerprint density at radius 3 is 1.53 bits per heavy atom. The van der Waals surface area contributed by atoms with Crippen LogP contribution in [0, 0.1) is 0 Å². The van der Waals surface area contributed by atoms with Gasteiger partial charge in [-0.25, -0.2) is 28.1 Å². The quantitative estimate of drug-likeness (QED) is 0.216. The zero-order valence-electron chi connectivity index (χ0n) is 19.5. The first kappa shape index (κ1) is 25.4. The van der Waals surface area contributed by atoms with Crippen LogP contribution in [-0.2, 0) is 19.6 Å². The first-order chi connectivity index (χ1) is 16.6. The summed E-state index contributed by atoms with van der Waals surface area (Å²) in [7, 11) is -0.412. The Labute approximate surface area is 201 Å². The van der Waals surface area contributed by atoms with E-state index in [0.717, 1.165) is 39.1 Å². The number of nitrogens with zero attached hydrogens (tertiary/aromatic N) is 3. The number of unbranched alkanes of at least 4 members (excludes halogenated alkanes) is 3. The topological polar surface area (TPSA) is 66.0 Å². The Morgan fingerprint density at radius 1 is 0.618 bits per heavy atom. The Balaban J connectivity index is 1.63. The van der Waals surface area contributed by atoms with Gasteiger partial charge in [0.15, 0.2) is 0 Å². The van der Waals surface area contributed by atoms with Gasteiger partial charge in [-0.1, -0.05) is 85.7 Å². The molecule has 3 aromatic rings. The summed E-state index contributed by atoms with van der Waals surface area (Å²) in [5.41, 5.74) is -1.78. The molecular formula is C27H32N3O3P. The Bertz CT molecular complexity index is 1170. The third kappa shape index (κ3) is 6.21. The Hall–Kier alpha value is -3.24. The number of rotatable bonds is 13. The molecule has 0 aliphatic rings. The summed E-state index contributed by atoms with van der Waals surface area (Å²) < 4.78 is 3.25. The van der Waals surface area contributed by atoms with Crippen LogP contribution < -0.4 is 27.7 Å². The van der Waals surface area contributed by atoms with E-state index in [1.165, 1.54) is 22.8 Å². The van der Waals surface area contributed by atoms with Crippen molar-refractivity contribution < 1.29 is 0 Å². The summed E-state index contributed by atoms with van der Waals surface area (Å²) in [5, 5.41) is 2.75. The minimum absolute atomic E-state index is 0.0671. The molecule has 0 radical (unpaired) electrons. The van der Waals surface area contributed by atoms with E-state index in [-0.39, 0.29) is 13.1 Å². The van der Waals surface area contributed by atoms with Gasteiger partial charge in [-0.3, -0.25) is 0 Å². The normalized spacial score (nSPS) is 11.0. The molecule has 7 heteroatoms. The van der Waals surface area contributed by atoms with Gasteiger partial charge in [0.2, 0.25) is 0 Å². The van der Waals surface area contributed by atoms with E-state index in [4.69, 9.17) is 0 Å². The second-order valence-corrected chi connectivity index (χ2v) is 10.4. The maximum atomic E-state index is 12.7. The van der Waals surface area contributed by atoms with E-state index in [9.17, 15) is 14.4 Å². The highest BCUT2D eigenvalue weighted by Crippen LogP contribution is 2.34. The molecule has 0 atom stereocenters. The molecular weight excluding hydrogens is 445 g/mol. The lowest BCUT2D eigenvalue weighted by Crippen LogP contribution is -2.54. The molecule has 3 rings (SSSR count). The number of benzene rings is 2. The largest absolute Gasteiger partial charge is 0.336 e. The number of aromatic nitrogens is 3. The van der Waals surface area contributed by atoms with Crippen LogP contribution in [0.5, 0.6) is 0 Å². The first-order valence-electron chi connectivity index (χ1n) is 11.6. The van der Waals surface area contributed by atoms with E-state index in [1.54, 1.807) is 0 Å². The molecule has 0 aliphatic carbocycles. The highest BCUT2D eigenvalue weighted by molar-refractivity contribution is 7.73. The van der Waals surface area contributed by atoms with Gasteiger partial charge in [0.25, 0.3) is 0 Å². The molecule has 0 saturated heterocycles. The fraction of sp³-hybridized carbons (Fsp3) is 0.296. The summed E-state index contributed by atoms with van der Waals surface area (Å²) in [4.78, 5) is 37.9. The molecule has 0 saturated carbocycles. The fourth-order valence-corrected chi connectivity index (χ4v) is 6.38. The molecule has 0 fully saturated rings. The van der Waals surface area contributed by atoms with Gasteiger partial charge in [0.05, 0.1) is 13.1 Å². The van der Waals surface area contributed by atoms with Gasteiger partial charge in [-0.2, -0.15) is 0 Å². The molecule has 0 spiro atoms. The third-order valence-corrected chi connectivity index (χ3v) is 8.26. The van der Waals surface area contributed by atoms with Crippen molar-refractivity contribution in [2.24, 2.45) is 0 Å². The molecule has 2 aromatic carbocycles. The summed E-state index contributed by atoms with van der Waals surface area (Å²) in [6.45, 7) is 7.64. The molecule has 0 unspecified atom stereocenters. The molecule has 6 nitrogen and oxygen atoms in total. The lowest BCUT2D eigenvalue weighted by Gasteiger charge is -2.18. The zero-order chi connectivity index (χ0) is 24.3. The number of hydrogen-bond donors (Lipinski definition) is 0. The van der Waals surface area contributed by atoms with Crippen molar-refractivity contribution in [2.45, 2.75) is 45.3 Å². The van der Waals surface area contributed by atoms with Crippen molar-refractivity contribution in [3.8, 4) is 0 Å². The van der Waals surface area contributed by atoms with Crippen LogP contribution in [0.4, 0.5) is 0 Å².